The number of anilines is 1. The minimum absolute atomic E-state index is 0.0997. The largest absolute Gasteiger partial charge is 0.363 e. The molecule has 26 heavy (non-hydrogen) atoms. The molecule has 0 aliphatic carbocycles. The van der Waals surface area contributed by atoms with Crippen LogP contribution in [0.1, 0.15) is 35.2 Å². The minimum atomic E-state index is 0.0997. The van der Waals surface area contributed by atoms with Gasteiger partial charge in [-0.3, -0.25) is 4.79 Å². The first-order chi connectivity index (χ1) is 12.7. The molecule has 2 heterocycles. The molecule has 2 aromatic carbocycles. The van der Waals surface area contributed by atoms with Crippen LogP contribution in [0.2, 0.25) is 5.02 Å². The number of piperidine rings is 1. The Morgan fingerprint density at radius 1 is 0.923 bits per heavy atom. The Labute approximate surface area is 163 Å². The molecular weight excluding hydrogens is 362 g/mol. The monoisotopic (exact) mass is 381 g/mol. The van der Waals surface area contributed by atoms with Gasteiger partial charge >= 0.3 is 0 Å². The molecule has 0 N–H and O–H groups in total. The third-order valence-corrected chi connectivity index (χ3v) is 6.26. The van der Waals surface area contributed by atoms with Crippen molar-refractivity contribution in [1.29, 1.82) is 0 Å². The van der Waals surface area contributed by atoms with E-state index in [1.807, 2.05) is 60.7 Å². The first kappa shape index (κ1) is 17.3. The van der Waals surface area contributed by atoms with Crippen molar-refractivity contribution in [3.63, 3.8) is 0 Å². The maximum Gasteiger partial charge on any atom is 0.196 e. The van der Waals surface area contributed by atoms with Gasteiger partial charge in [0.2, 0.25) is 0 Å². The molecule has 0 spiro atoms. The summed E-state index contributed by atoms with van der Waals surface area (Å²) in [4.78, 5) is 16.7. The van der Waals surface area contributed by atoms with Crippen LogP contribution in [0.5, 0.6) is 0 Å². The molecule has 0 amide bonds. The number of carbonyl (C=O) groups is 1. The molecule has 0 unspecified atom stereocenters. The van der Waals surface area contributed by atoms with E-state index in [1.54, 1.807) is 11.3 Å². The second-order valence-electron chi connectivity index (χ2n) is 6.58. The number of halogens is 1. The lowest BCUT2D eigenvalue weighted by molar-refractivity contribution is 0.103. The van der Waals surface area contributed by atoms with Crippen molar-refractivity contribution in [2.75, 3.05) is 18.0 Å². The third kappa shape index (κ3) is 3.55. The lowest BCUT2D eigenvalue weighted by atomic mass is 10.0. The van der Waals surface area contributed by atoms with E-state index in [0.29, 0.717) is 0 Å². The van der Waals surface area contributed by atoms with Gasteiger partial charge in [0, 0.05) is 28.6 Å². The van der Waals surface area contributed by atoms with E-state index in [1.165, 1.54) is 19.3 Å². The van der Waals surface area contributed by atoms with Crippen LogP contribution in [-0.2, 0) is 0 Å². The van der Waals surface area contributed by atoms with E-state index in [4.69, 9.17) is 11.6 Å². The second kappa shape index (κ2) is 7.65. The first-order valence-electron chi connectivity index (χ1n) is 8.97. The molecule has 0 atom stereocenters. The highest BCUT2D eigenvalue weighted by Gasteiger charge is 2.23. The molecule has 0 bridgehead atoms. The number of benzene rings is 2. The average Bonchev–Trinajstić information content (AvgIpc) is 3.15. The molecule has 0 saturated carbocycles. The number of ketones is 1. The van der Waals surface area contributed by atoms with Gasteiger partial charge in [0.05, 0.1) is 5.56 Å². The molecule has 1 aliphatic heterocycles. The highest BCUT2D eigenvalue weighted by Crippen LogP contribution is 2.40. The van der Waals surface area contributed by atoms with Crippen molar-refractivity contribution in [2.45, 2.75) is 19.3 Å². The van der Waals surface area contributed by atoms with Crippen molar-refractivity contribution in [3.05, 3.63) is 76.8 Å². The number of hydrogen-bond acceptors (Lipinski definition) is 3. The second-order valence-corrected chi connectivity index (χ2v) is 8.05. The summed E-state index contributed by atoms with van der Waals surface area (Å²) in [7, 11) is 0. The topological polar surface area (TPSA) is 20.3 Å². The van der Waals surface area contributed by atoms with E-state index < -0.39 is 0 Å². The predicted octanol–water partition coefficient (Wildman–Crippen LogP) is 6.29. The van der Waals surface area contributed by atoms with Crippen LogP contribution in [0, 0.1) is 0 Å². The van der Waals surface area contributed by atoms with Crippen molar-refractivity contribution >= 4 is 33.7 Å². The lowest BCUT2D eigenvalue weighted by Gasteiger charge is -2.28. The Kier molecular flexibility index (Phi) is 5.09. The predicted molar refractivity (Wildman–Crippen MR) is 111 cm³/mol. The van der Waals surface area contributed by atoms with Crippen LogP contribution in [0.4, 0.5) is 5.00 Å². The summed E-state index contributed by atoms with van der Waals surface area (Å²) < 4.78 is 0. The zero-order chi connectivity index (χ0) is 17.9. The first-order valence-corrected chi connectivity index (χ1v) is 10.2. The molecule has 1 aliphatic rings. The molecule has 1 fully saturated rings. The molecule has 1 aromatic heterocycles. The summed E-state index contributed by atoms with van der Waals surface area (Å²) in [5.74, 6) is 0.0997. The van der Waals surface area contributed by atoms with Gasteiger partial charge in [-0.1, -0.05) is 54.1 Å². The van der Waals surface area contributed by atoms with Crippen LogP contribution >= 0.6 is 22.9 Å². The van der Waals surface area contributed by atoms with Crippen LogP contribution in [0.25, 0.3) is 10.4 Å². The average molecular weight is 382 g/mol. The maximum atomic E-state index is 13.2. The Morgan fingerprint density at radius 2 is 1.62 bits per heavy atom. The van der Waals surface area contributed by atoms with Crippen molar-refractivity contribution in [1.82, 2.24) is 0 Å². The van der Waals surface area contributed by atoms with Crippen LogP contribution in [-0.4, -0.2) is 18.9 Å². The summed E-state index contributed by atoms with van der Waals surface area (Å²) in [6.07, 6.45) is 3.65. The van der Waals surface area contributed by atoms with Gasteiger partial charge in [-0.2, -0.15) is 0 Å². The quantitative estimate of drug-likeness (QED) is 0.495. The molecule has 4 rings (SSSR count). The number of nitrogens with zero attached hydrogens (tertiary/aromatic N) is 1. The molecule has 4 heteroatoms. The minimum Gasteiger partial charge on any atom is -0.363 e. The van der Waals surface area contributed by atoms with E-state index in [2.05, 4.69) is 4.90 Å². The van der Waals surface area contributed by atoms with Crippen LogP contribution in [0.3, 0.4) is 0 Å². The van der Waals surface area contributed by atoms with E-state index in [0.717, 1.165) is 44.7 Å². The van der Waals surface area contributed by atoms with E-state index in [-0.39, 0.29) is 5.78 Å². The van der Waals surface area contributed by atoms with Gasteiger partial charge < -0.3 is 4.90 Å². The molecular formula is C22H20ClNOS. The molecule has 1 saturated heterocycles. The van der Waals surface area contributed by atoms with Crippen LogP contribution < -0.4 is 4.90 Å². The summed E-state index contributed by atoms with van der Waals surface area (Å²) in [6.45, 7) is 2.05. The van der Waals surface area contributed by atoms with Crippen LogP contribution in [0.15, 0.2) is 60.7 Å². The maximum absolute atomic E-state index is 13.2. The van der Waals surface area contributed by atoms with Gasteiger partial charge in [0.15, 0.2) is 5.78 Å². The normalized spacial score (nSPS) is 14.4. The van der Waals surface area contributed by atoms with Crippen molar-refractivity contribution in [3.8, 4) is 10.4 Å². The number of rotatable bonds is 4. The molecule has 0 radical (unpaired) electrons. The standard InChI is InChI=1S/C22H20ClNOS/c23-18-11-9-16(10-12-18)20-15-19(21(25)17-7-3-1-4-8-17)22(26-20)24-13-5-2-6-14-24/h1,3-4,7-12,15H,2,5-6,13-14H2. The third-order valence-electron chi connectivity index (χ3n) is 4.77. The van der Waals surface area contributed by atoms with Gasteiger partial charge in [0.25, 0.3) is 0 Å². The fraction of sp³-hybridized carbons (Fsp3) is 0.227. The van der Waals surface area contributed by atoms with Gasteiger partial charge in [-0.25, -0.2) is 0 Å². The zero-order valence-electron chi connectivity index (χ0n) is 14.5. The molecule has 3 aromatic rings. The number of thiophene rings is 1. The Balaban J connectivity index is 1.77. The van der Waals surface area contributed by atoms with E-state index in [9.17, 15) is 4.79 Å². The summed E-state index contributed by atoms with van der Waals surface area (Å²) in [5, 5.41) is 1.82. The molecule has 132 valence electrons. The summed E-state index contributed by atoms with van der Waals surface area (Å²) >= 11 is 7.74. The van der Waals surface area contributed by atoms with Gasteiger partial charge in [-0.15, -0.1) is 11.3 Å². The Bertz CT molecular complexity index is 896. The number of hydrogen-bond donors (Lipinski definition) is 0. The van der Waals surface area contributed by atoms with Crippen molar-refractivity contribution < 1.29 is 4.79 Å². The molecule has 2 nitrogen and oxygen atoms in total. The fourth-order valence-corrected chi connectivity index (χ4v) is 4.72. The Hall–Kier alpha value is -2.10. The smallest absolute Gasteiger partial charge is 0.196 e. The highest BCUT2D eigenvalue weighted by molar-refractivity contribution is 7.19. The fourth-order valence-electron chi connectivity index (χ4n) is 3.38. The van der Waals surface area contributed by atoms with Crippen molar-refractivity contribution in [2.24, 2.45) is 0 Å². The number of carbonyl (C=O) groups excluding carboxylic acids is 1. The zero-order valence-corrected chi connectivity index (χ0v) is 16.0. The lowest BCUT2D eigenvalue weighted by Crippen LogP contribution is -2.29. The SMILES string of the molecule is O=C(c1ccccc1)c1cc(-c2ccc(Cl)cc2)sc1N1CCCCC1. The Morgan fingerprint density at radius 3 is 2.31 bits per heavy atom. The van der Waals surface area contributed by atoms with E-state index >= 15 is 0 Å². The van der Waals surface area contributed by atoms with Gasteiger partial charge in [-0.05, 0) is 43.0 Å². The summed E-state index contributed by atoms with van der Waals surface area (Å²) in [6, 6.07) is 19.4. The van der Waals surface area contributed by atoms with Gasteiger partial charge in [0.1, 0.15) is 5.00 Å². The highest BCUT2D eigenvalue weighted by atomic mass is 35.5. The summed E-state index contributed by atoms with van der Waals surface area (Å²) in [5.41, 5.74) is 2.66.